The van der Waals surface area contributed by atoms with E-state index in [-0.39, 0.29) is 5.82 Å². The third-order valence-electron chi connectivity index (χ3n) is 2.18. The average molecular weight is 285 g/mol. The molecule has 0 saturated carbocycles. The molecule has 3 nitrogen and oxygen atoms in total. The molecule has 0 saturated heterocycles. The molecule has 1 aromatic carbocycles. The molecule has 0 unspecified atom stereocenters. The van der Waals surface area contributed by atoms with Gasteiger partial charge in [0.1, 0.15) is 11.5 Å². The van der Waals surface area contributed by atoms with Crippen LogP contribution < -0.4 is 5.32 Å². The second-order valence-corrected chi connectivity index (χ2v) is 4.05. The Bertz CT molecular complexity index is 498. The van der Waals surface area contributed by atoms with Crippen molar-refractivity contribution in [2.24, 2.45) is 0 Å². The van der Waals surface area contributed by atoms with Crippen molar-refractivity contribution in [3.63, 3.8) is 0 Å². The van der Waals surface area contributed by atoms with Gasteiger partial charge in [-0.2, -0.15) is 0 Å². The molecule has 1 heterocycles. The fourth-order valence-corrected chi connectivity index (χ4v) is 1.91. The number of benzene rings is 1. The largest absolute Gasteiger partial charge is 0.443 e. The fourth-order valence-electron chi connectivity index (χ4n) is 1.46. The molecule has 0 bridgehead atoms. The van der Waals surface area contributed by atoms with Crippen molar-refractivity contribution in [1.29, 1.82) is 0 Å². The molecule has 0 spiro atoms. The van der Waals surface area contributed by atoms with Gasteiger partial charge in [0.05, 0.1) is 4.47 Å². The Balaban J connectivity index is 2.50. The summed E-state index contributed by atoms with van der Waals surface area (Å²) in [6.45, 7) is 0.578. The molecule has 5 heteroatoms. The van der Waals surface area contributed by atoms with Gasteiger partial charge >= 0.3 is 0 Å². The normalized spacial score (nSPS) is 10.7. The van der Waals surface area contributed by atoms with Crippen LogP contribution in [0.4, 0.5) is 4.39 Å². The fraction of sp³-hybridized carbons (Fsp3) is 0.182. The van der Waals surface area contributed by atoms with Crippen LogP contribution in [0.2, 0.25) is 0 Å². The summed E-state index contributed by atoms with van der Waals surface area (Å²) < 4.78 is 19.0. The lowest BCUT2D eigenvalue weighted by atomic mass is 10.1. The molecule has 2 rings (SSSR count). The highest BCUT2D eigenvalue weighted by Crippen LogP contribution is 2.32. The van der Waals surface area contributed by atoms with E-state index in [1.165, 1.54) is 12.5 Å². The molecule has 0 aliphatic heterocycles. The SMILES string of the molecule is CNCc1ncoc1-c1cccc(F)c1Br. The summed E-state index contributed by atoms with van der Waals surface area (Å²) in [5, 5.41) is 2.98. The summed E-state index contributed by atoms with van der Waals surface area (Å²) in [7, 11) is 1.82. The summed E-state index contributed by atoms with van der Waals surface area (Å²) in [5.74, 6) is 0.269. The number of nitrogens with one attached hydrogen (secondary N) is 1. The van der Waals surface area contributed by atoms with Crippen molar-refractivity contribution >= 4 is 15.9 Å². The Kier molecular flexibility index (Phi) is 3.36. The molecule has 0 radical (unpaired) electrons. The summed E-state index contributed by atoms with van der Waals surface area (Å²) in [4.78, 5) is 4.08. The van der Waals surface area contributed by atoms with E-state index in [1.807, 2.05) is 7.05 Å². The Morgan fingerprint density at radius 1 is 1.50 bits per heavy atom. The number of rotatable bonds is 3. The van der Waals surface area contributed by atoms with Gasteiger partial charge in [-0.25, -0.2) is 9.37 Å². The first-order valence-electron chi connectivity index (χ1n) is 4.75. The summed E-state index contributed by atoms with van der Waals surface area (Å²) >= 11 is 3.20. The van der Waals surface area contributed by atoms with E-state index in [9.17, 15) is 4.39 Å². The van der Waals surface area contributed by atoms with Crippen LogP contribution >= 0.6 is 15.9 Å². The van der Waals surface area contributed by atoms with Gasteiger partial charge in [0.2, 0.25) is 0 Å². The van der Waals surface area contributed by atoms with E-state index in [4.69, 9.17) is 4.42 Å². The quantitative estimate of drug-likeness (QED) is 0.942. The zero-order chi connectivity index (χ0) is 11.5. The molecule has 0 atom stereocenters. The van der Waals surface area contributed by atoms with Crippen LogP contribution in [0.25, 0.3) is 11.3 Å². The van der Waals surface area contributed by atoms with E-state index in [0.717, 1.165) is 5.69 Å². The van der Waals surface area contributed by atoms with Crippen molar-refractivity contribution in [2.75, 3.05) is 7.05 Å². The van der Waals surface area contributed by atoms with Crippen molar-refractivity contribution in [3.05, 3.63) is 40.6 Å². The summed E-state index contributed by atoms with van der Waals surface area (Å²) in [6, 6.07) is 4.82. The zero-order valence-electron chi connectivity index (χ0n) is 8.63. The molecule has 2 aromatic rings. The third-order valence-corrected chi connectivity index (χ3v) is 2.99. The standard InChI is InChI=1S/C11H10BrFN2O/c1-14-5-9-11(16-6-15-9)7-3-2-4-8(13)10(7)12/h2-4,6,14H,5H2,1H3. The van der Waals surface area contributed by atoms with Crippen molar-refractivity contribution in [1.82, 2.24) is 10.3 Å². The van der Waals surface area contributed by atoms with Crippen LogP contribution in [0.3, 0.4) is 0 Å². The maximum absolute atomic E-state index is 13.4. The lowest BCUT2D eigenvalue weighted by Gasteiger charge is -2.04. The zero-order valence-corrected chi connectivity index (χ0v) is 10.2. The monoisotopic (exact) mass is 284 g/mol. The number of halogens is 2. The lowest BCUT2D eigenvalue weighted by molar-refractivity contribution is 0.567. The first-order valence-corrected chi connectivity index (χ1v) is 5.54. The van der Waals surface area contributed by atoms with E-state index in [1.54, 1.807) is 12.1 Å². The van der Waals surface area contributed by atoms with E-state index in [2.05, 4.69) is 26.2 Å². The molecule has 16 heavy (non-hydrogen) atoms. The van der Waals surface area contributed by atoms with Crippen molar-refractivity contribution in [2.45, 2.75) is 6.54 Å². The van der Waals surface area contributed by atoms with Crippen molar-refractivity contribution in [3.8, 4) is 11.3 Å². The Labute approximate surface area is 101 Å². The summed E-state index contributed by atoms with van der Waals surface area (Å²) in [6.07, 6.45) is 1.36. The molecule has 0 aliphatic carbocycles. The Hall–Kier alpha value is -1.20. The second-order valence-electron chi connectivity index (χ2n) is 3.26. The minimum Gasteiger partial charge on any atom is -0.443 e. The molecule has 1 aromatic heterocycles. The van der Waals surface area contributed by atoms with Crippen LogP contribution in [-0.2, 0) is 6.54 Å². The molecule has 0 fully saturated rings. The number of hydrogen-bond donors (Lipinski definition) is 1. The Morgan fingerprint density at radius 2 is 2.31 bits per heavy atom. The Morgan fingerprint density at radius 3 is 3.06 bits per heavy atom. The highest BCUT2D eigenvalue weighted by atomic mass is 79.9. The van der Waals surface area contributed by atoms with Crippen LogP contribution in [-0.4, -0.2) is 12.0 Å². The van der Waals surface area contributed by atoms with Crippen LogP contribution in [0.5, 0.6) is 0 Å². The number of oxazole rings is 1. The molecular formula is C11H10BrFN2O. The molecule has 0 amide bonds. The first kappa shape index (κ1) is 11.3. The molecular weight excluding hydrogens is 275 g/mol. The molecule has 0 aliphatic rings. The van der Waals surface area contributed by atoms with E-state index < -0.39 is 0 Å². The van der Waals surface area contributed by atoms with Gasteiger partial charge in [-0.15, -0.1) is 0 Å². The van der Waals surface area contributed by atoms with Crippen LogP contribution in [0, 0.1) is 5.82 Å². The first-order chi connectivity index (χ1) is 7.74. The van der Waals surface area contributed by atoms with Crippen molar-refractivity contribution < 1.29 is 8.81 Å². The van der Waals surface area contributed by atoms with Gasteiger partial charge in [0.15, 0.2) is 12.2 Å². The summed E-state index contributed by atoms with van der Waals surface area (Å²) in [5.41, 5.74) is 1.43. The number of nitrogens with zero attached hydrogens (tertiary/aromatic N) is 1. The number of aromatic nitrogens is 1. The maximum Gasteiger partial charge on any atom is 0.181 e. The van der Waals surface area contributed by atoms with E-state index in [0.29, 0.717) is 22.3 Å². The smallest absolute Gasteiger partial charge is 0.181 e. The molecule has 1 N–H and O–H groups in total. The van der Waals surface area contributed by atoms with Gasteiger partial charge < -0.3 is 9.73 Å². The third kappa shape index (κ3) is 2.01. The number of hydrogen-bond acceptors (Lipinski definition) is 3. The van der Waals surface area contributed by atoms with Crippen LogP contribution in [0.15, 0.2) is 33.5 Å². The lowest BCUT2D eigenvalue weighted by Crippen LogP contribution is -2.06. The topological polar surface area (TPSA) is 38.1 Å². The maximum atomic E-state index is 13.4. The average Bonchev–Trinajstić information content (AvgIpc) is 2.71. The van der Waals surface area contributed by atoms with Gasteiger partial charge in [-0.1, -0.05) is 6.07 Å². The van der Waals surface area contributed by atoms with Gasteiger partial charge in [0.25, 0.3) is 0 Å². The van der Waals surface area contributed by atoms with Gasteiger partial charge in [-0.05, 0) is 35.1 Å². The predicted octanol–water partition coefficient (Wildman–Crippen LogP) is 2.96. The van der Waals surface area contributed by atoms with E-state index >= 15 is 0 Å². The highest BCUT2D eigenvalue weighted by molar-refractivity contribution is 9.10. The highest BCUT2D eigenvalue weighted by Gasteiger charge is 2.14. The molecule has 84 valence electrons. The second kappa shape index (κ2) is 4.76. The van der Waals surface area contributed by atoms with Crippen LogP contribution in [0.1, 0.15) is 5.69 Å². The predicted molar refractivity (Wildman–Crippen MR) is 62.4 cm³/mol. The minimum atomic E-state index is -0.315. The minimum absolute atomic E-state index is 0.315. The van der Waals surface area contributed by atoms with Gasteiger partial charge in [-0.3, -0.25) is 0 Å². The van der Waals surface area contributed by atoms with Gasteiger partial charge in [0, 0.05) is 12.1 Å².